The average molecular weight is 243 g/mol. The van der Waals surface area contributed by atoms with Crippen molar-refractivity contribution < 1.29 is 13.9 Å². The van der Waals surface area contributed by atoms with Crippen LogP contribution in [0.25, 0.3) is 10.1 Å². The summed E-state index contributed by atoms with van der Waals surface area (Å²) in [6, 6.07) is 5.77. The van der Waals surface area contributed by atoms with Crippen LogP contribution in [0.15, 0.2) is 29.6 Å². The van der Waals surface area contributed by atoms with Gasteiger partial charge in [0.25, 0.3) is 5.92 Å². The first kappa shape index (κ1) is 11.4. The molecule has 86 valence electrons. The molecule has 0 aliphatic rings. The Morgan fingerprint density at radius 2 is 2.06 bits per heavy atom. The second-order valence-corrected chi connectivity index (χ2v) is 4.50. The molecule has 0 unspecified atom stereocenters. The van der Waals surface area contributed by atoms with E-state index in [1.807, 2.05) is 12.1 Å². The van der Waals surface area contributed by atoms with Crippen molar-refractivity contribution in [2.75, 3.05) is 6.61 Å². The summed E-state index contributed by atoms with van der Waals surface area (Å²) in [4.78, 5) is 0. The fourth-order valence-electron chi connectivity index (χ4n) is 1.57. The molecule has 3 N–H and O–H groups in total. The van der Waals surface area contributed by atoms with Crippen molar-refractivity contribution in [3.8, 4) is 0 Å². The lowest BCUT2D eigenvalue weighted by Crippen LogP contribution is -2.36. The van der Waals surface area contributed by atoms with Gasteiger partial charge in [0.15, 0.2) is 0 Å². The molecule has 0 saturated carbocycles. The fourth-order valence-corrected chi connectivity index (χ4v) is 2.56. The smallest absolute Gasteiger partial charge is 0.289 e. The SMILES string of the molecule is N[C@@H](c1csc2ccccc12)C(F)(F)CO. The largest absolute Gasteiger partial charge is 0.390 e. The summed E-state index contributed by atoms with van der Waals surface area (Å²) in [5.41, 5.74) is 5.88. The lowest BCUT2D eigenvalue weighted by molar-refractivity contribution is -0.0707. The first-order valence-corrected chi connectivity index (χ1v) is 5.64. The van der Waals surface area contributed by atoms with E-state index in [1.54, 1.807) is 17.5 Å². The van der Waals surface area contributed by atoms with E-state index in [2.05, 4.69) is 0 Å². The van der Waals surface area contributed by atoms with Crippen molar-refractivity contribution >= 4 is 21.4 Å². The molecule has 2 nitrogen and oxygen atoms in total. The molecule has 5 heteroatoms. The minimum Gasteiger partial charge on any atom is -0.390 e. The molecule has 0 fully saturated rings. The van der Waals surface area contributed by atoms with E-state index in [9.17, 15) is 8.78 Å². The first-order chi connectivity index (χ1) is 7.56. The van der Waals surface area contributed by atoms with Gasteiger partial charge >= 0.3 is 0 Å². The summed E-state index contributed by atoms with van der Waals surface area (Å²) in [5, 5.41) is 11.0. The minimum atomic E-state index is -3.29. The topological polar surface area (TPSA) is 46.2 Å². The number of thiophene rings is 1. The van der Waals surface area contributed by atoms with E-state index < -0.39 is 18.6 Å². The number of hydrogen-bond acceptors (Lipinski definition) is 3. The third kappa shape index (κ3) is 1.81. The van der Waals surface area contributed by atoms with Crippen LogP contribution in [-0.4, -0.2) is 17.6 Å². The maximum atomic E-state index is 13.3. The maximum Gasteiger partial charge on any atom is 0.289 e. The predicted molar refractivity (Wildman–Crippen MR) is 60.8 cm³/mol. The van der Waals surface area contributed by atoms with Gasteiger partial charge in [-0.05, 0) is 22.4 Å². The van der Waals surface area contributed by atoms with Crippen LogP contribution in [0.4, 0.5) is 8.78 Å². The lowest BCUT2D eigenvalue weighted by atomic mass is 10.0. The van der Waals surface area contributed by atoms with Gasteiger partial charge in [-0.1, -0.05) is 18.2 Å². The fraction of sp³-hybridized carbons (Fsp3) is 0.273. The highest BCUT2D eigenvalue weighted by Gasteiger charge is 2.38. The molecule has 1 aromatic heterocycles. The second kappa shape index (κ2) is 4.08. The van der Waals surface area contributed by atoms with Gasteiger partial charge < -0.3 is 10.8 Å². The summed E-state index contributed by atoms with van der Waals surface area (Å²) in [6.45, 7) is -1.24. The van der Waals surface area contributed by atoms with Crippen molar-refractivity contribution in [2.24, 2.45) is 5.73 Å². The molecule has 1 aromatic carbocycles. The minimum absolute atomic E-state index is 0.389. The maximum absolute atomic E-state index is 13.3. The van der Waals surface area contributed by atoms with Crippen molar-refractivity contribution in [3.05, 3.63) is 35.2 Å². The number of hydrogen-bond donors (Lipinski definition) is 2. The predicted octanol–water partition coefficient (Wildman–Crippen LogP) is 2.53. The number of alkyl halides is 2. The van der Waals surface area contributed by atoms with Gasteiger partial charge in [0.05, 0.1) is 6.04 Å². The zero-order valence-corrected chi connectivity index (χ0v) is 9.18. The normalized spacial score (nSPS) is 14.2. The van der Waals surface area contributed by atoms with Crippen molar-refractivity contribution in [3.63, 3.8) is 0 Å². The Bertz CT molecular complexity index is 497. The quantitative estimate of drug-likeness (QED) is 0.870. The number of rotatable bonds is 3. The van der Waals surface area contributed by atoms with Crippen LogP contribution in [-0.2, 0) is 0 Å². The third-order valence-corrected chi connectivity index (χ3v) is 3.49. The summed E-state index contributed by atoms with van der Waals surface area (Å²) >= 11 is 1.37. The highest BCUT2D eigenvalue weighted by molar-refractivity contribution is 7.17. The van der Waals surface area contributed by atoms with Gasteiger partial charge in [0.2, 0.25) is 0 Å². The molecule has 1 atom stereocenters. The zero-order valence-electron chi connectivity index (χ0n) is 8.36. The van der Waals surface area contributed by atoms with Gasteiger partial charge in [0, 0.05) is 4.70 Å². The Morgan fingerprint density at radius 3 is 2.75 bits per heavy atom. The van der Waals surface area contributed by atoms with Crippen LogP contribution in [0, 0.1) is 0 Å². The van der Waals surface area contributed by atoms with Crippen LogP contribution in [0.3, 0.4) is 0 Å². The van der Waals surface area contributed by atoms with Gasteiger partial charge in [-0.3, -0.25) is 0 Å². The van der Waals surface area contributed by atoms with Crippen LogP contribution in [0.1, 0.15) is 11.6 Å². The molecule has 2 aromatic rings. The van der Waals surface area contributed by atoms with Crippen LogP contribution in [0.5, 0.6) is 0 Å². The number of aliphatic hydroxyl groups excluding tert-OH is 1. The van der Waals surface area contributed by atoms with E-state index in [0.717, 1.165) is 10.1 Å². The molecular formula is C11H11F2NOS. The molecule has 0 aliphatic heterocycles. The lowest BCUT2D eigenvalue weighted by Gasteiger charge is -2.20. The number of benzene rings is 1. The Hall–Kier alpha value is -1.04. The van der Waals surface area contributed by atoms with Gasteiger partial charge in [-0.25, -0.2) is 8.78 Å². The number of fused-ring (bicyclic) bond motifs is 1. The Labute approximate surface area is 95.3 Å². The third-order valence-electron chi connectivity index (χ3n) is 2.51. The number of nitrogens with two attached hydrogens (primary N) is 1. The van der Waals surface area contributed by atoms with Gasteiger partial charge in [0.1, 0.15) is 6.61 Å². The highest BCUT2D eigenvalue weighted by atomic mass is 32.1. The summed E-state index contributed by atoms with van der Waals surface area (Å²) in [6.07, 6.45) is 0. The Kier molecular flexibility index (Phi) is 2.92. The molecule has 16 heavy (non-hydrogen) atoms. The van der Waals surface area contributed by atoms with E-state index in [-0.39, 0.29) is 0 Å². The van der Waals surface area contributed by atoms with E-state index in [1.165, 1.54) is 11.3 Å². The highest BCUT2D eigenvalue weighted by Crippen LogP contribution is 2.36. The average Bonchev–Trinajstić information content (AvgIpc) is 2.71. The molecule has 0 bridgehead atoms. The van der Waals surface area contributed by atoms with Gasteiger partial charge in [-0.2, -0.15) is 0 Å². The molecule has 0 aliphatic carbocycles. The summed E-state index contributed by atoms with van der Waals surface area (Å²) in [5.74, 6) is -3.29. The molecule has 2 rings (SSSR count). The van der Waals surface area contributed by atoms with Crippen molar-refractivity contribution in [1.29, 1.82) is 0 Å². The van der Waals surface area contributed by atoms with E-state index in [4.69, 9.17) is 10.8 Å². The summed E-state index contributed by atoms with van der Waals surface area (Å²) in [7, 11) is 0. The molecule has 0 spiro atoms. The van der Waals surface area contributed by atoms with Crippen molar-refractivity contribution in [1.82, 2.24) is 0 Å². The van der Waals surface area contributed by atoms with Crippen molar-refractivity contribution in [2.45, 2.75) is 12.0 Å². The van der Waals surface area contributed by atoms with E-state index in [0.29, 0.717) is 5.56 Å². The molecule has 1 heterocycles. The van der Waals surface area contributed by atoms with Crippen LogP contribution >= 0.6 is 11.3 Å². The molecule has 0 radical (unpaired) electrons. The molecular weight excluding hydrogens is 232 g/mol. The van der Waals surface area contributed by atoms with Gasteiger partial charge in [-0.15, -0.1) is 11.3 Å². The monoisotopic (exact) mass is 243 g/mol. The Morgan fingerprint density at radius 1 is 1.38 bits per heavy atom. The first-order valence-electron chi connectivity index (χ1n) is 4.76. The standard InChI is InChI=1S/C11H11F2NOS/c12-11(13,6-15)10(14)8-5-16-9-4-2-1-3-7(8)9/h1-5,10,15H,6,14H2/t10-/m0/s1. The molecule has 0 saturated heterocycles. The number of aliphatic hydroxyl groups is 1. The number of halogens is 2. The second-order valence-electron chi connectivity index (χ2n) is 3.58. The summed E-state index contributed by atoms with van der Waals surface area (Å²) < 4.78 is 27.5. The van der Waals surface area contributed by atoms with E-state index >= 15 is 0 Å². The zero-order chi connectivity index (χ0) is 11.8. The molecule has 0 amide bonds. The Balaban J connectivity index is 2.48. The van der Waals surface area contributed by atoms with Crippen LogP contribution < -0.4 is 5.73 Å². The van der Waals surface area contributed by atoms with Crippen LogP contribution in [0.2, 0.25) is 0 Å².